The third-order valence-electron chi connectivity index (χ3n) is 5.74. The molecule has 0 aliphatic rings. The van der Waals surface area contributed by atoms with E-state index in [4.69, 9.17) is 0 Å². The minimum atomic E-state index is 0.804. The maximum Gasteiger partial charge on any atom is 0.214 e. The second-order valence-electron chi connectivity index (χ2n) is 7.96. The summed E-state index contributed by atoms with van der Waals surface area (Å²) in [4.78, 5) is 0. The topological polar surface area (TPSA) is 60.6 Å². The molecule has 5 rings (SSSR count). The summed E-state index contributed by atoms with van der Waals surface area (Å²) in [7, 11) is 0. The molecule has 3 aromatic carbocycles. The number of nitrogens with one attached hydrogen (secondary N) is 1. The minimum Gasteiger partial charge on any atom is -0.343 e. The highest BCUT2D eigenvalue weighted by Gasteiger charge is 2.10. The monoisotopic (exact) mass is 454 g/mol. The summed E-state index contributed by atoms with van der Waals surface area (Å²) in [6.45, 7) is 4.75. The van der Waals surface area contributed by atoms with Gasteiger partial charge in [0.1, 0.15) is 0 Å². The van der Waals surface area contributed by atoms with E-state index >= 15 is 0 Å². The second-order valence-corrected chi connectivity index (χ2v) is 9.02. The number of fused-ring (bicyclic) bond motifs is 1. The van der Waals surface area contributed by atoms with E-state index in [1.165, 1.54) is 27.6 Å². The van der Waals surface area contributed by atoms with E-state index in [-0.39, 0.29) is 0 Å². The lowest BCUT2D eigenvalue weighted by Gasteiger charge is -2.08. The van der Waals surface area contributed by atoms with Crippen LogP contribution in [0.5, 0.6) is 0 Å². The molecule has 7 heteroatoms. The molecule has 166 valence electrons. The van der Waals surface area contributed by atoms with Crippen molar-refractivity contribution < 1.29 is 0 Å². The number of para-hydroxylation sites is 2. The summed E-state index contributed by atoms with van der Waals surface area (Å²) >= 11 is 1.66. The molecule has 0 fully saturated rings. The van der Waals surface area contributed by atoms with Crippen LogP contribution in [-0.4, -0.2) is 37.1 Å². The van der Waals surface area contributed by atoms with Gasteiger partial charge in [-0.1, -0.05) is 72.4 Å². The van der Waals surface area contributed by atoms with Gasteiger partial charge in [-0.2, -0.15) is 4.68 Å². The van der Waals surface area contributed by atoms with Crippen molar-refractivity contribution in [3.05, 3.63) is 102 Å². The van der Waals surface area contributed by atoms with E-state index in [2.05, 4.69) is 87.1 Å². The Hall–Kier alpha value is -3.42. The smallest absolute Gasteiger partial charge is 0.214 e. The maximum absolute atomic E-state index is 4.17. The van der Waals surface area contributed by atoms with E-state index in [0.29, 0.717) is 0 Å². The van der Waals surface area contributed by atoms with Crippen LogP contribution in [0, 0.1) is 6.92 Å². The number of tetrazole rings is 1. The van der Waals surface area contributed by atoms with Crippen molar-refractivity contribution in [1.82, 2.24) is 30.1 Å². The molecule has 0 amide bonds. The van der Waals surface area contributed by atoms with E-state index in [9.17, 15) is 0 Å². The predicted molar refractivity (Wildman–Crippen MR) is 134 cm³/mol. The lowest BCUT2D eigenvalue weighted by Crippen LogP contribution is -2.16. The third kappa shape index (κ3) is 4.84. The van der Waals surface area contributed by atoms with Gasteiger partial charge in [-0.05, 0) is 52.2 Å². The van der Waals surface area contributed by atoms with Crippen LogP contribution in [0.25, 0.3) is 16.6 Å². The van der Waals surface area contributed by atoms with E-state index in [1.807, 2.05) is 30.3 Å². The Balaban J connectivity index is 1.21. The van der Waals surface area contributed by atoms with Crippen molar-refractivity contribution >= 4 is 22.7 Å². The molecular formula is C26H26N6S. The fraction of sp³-hybridized carbons (Fsp3) is 0.192. The van der Waals surface area contributed by atoms with E-state index in [1.54, 1.807) is 16.4 Å². The van der Waals surface area contributed by atoms with Crippen LogP contribution in [0.2, 0.25) is 0 Å². The summed E-state index contributed by atoms with van der Waals surface area (Å²) in [6.07, 6.45) is 2.28. The molecule has 6 nitrogen and oxygen atoms in total. The van der Waals surface area contributed by atoms with Crippen molar-refractivity contribution in [1.29, 1.82) is 0 Å². The SMILES string of the molecule is Cc1ccccc1Cn1cc(CNCCSc2nnnn2-c2ccccc2)c2ccccc21. The van der Waals surface area contributed by atoms with Gasteiger partial charge in [0.25, 0.3) is 0 Å². The van der Waals surface area contributed by atoms with Gasteiger partial charge in [-0.3, -0.25) is 0 Å². The van der Waals surface area contributed by atoms with Crippen LogP contribution >= 0.6 is 11.8 Å². The Morgan fingerprint density at radius 3 is 2.55 bits per heavy atom. The molecule has 0 aliphatic carbocycles. The lowest BCUT2D eigenvalue weighted by atomic mass is 10.1. The minimum absolute atomic E-state index is 0.804. The predicted octanol–water partition coefficient (Wildman–Crippen LogP) is 4.86. The van der Waals surface area contributed by atoms with Crippen molar-refractivity contribution in [3.8, 4) is 5.69 Å². The fourth-order valence-electron chi connectivity index (χ4n) is 4.00. The number of rotatable bonds is 9. The summed E-state index contributed by atoms with van der Waals surface area (Å²) in [5.74, 6) is 0.884. The molecule has 0 spiro atoms. The van der Waals surface area contributed by atoms with Gasteiger partial charge in [0.2, 0.25) is 5.16 Å². The van der Waals surface area contributed by atoms with Crippen LogP contribution in [0.1, 0.15) is 16.7 Å². The molecule has 5 aromatic rings. The highest BCUT2D eigenvalue weighted by atomic mass is 32.2. The molecule has 0 saturated carbocycles. The summed E-state index contributed by atoms with van der Waals surface area (Å²) in [5.41, 5.74) is 6.24. The first-order chi connectivity index (χ1) is 16.3. The largest absolute Gasteiger partial charge is 0.343 e. The number of hydrogen-bond donors (Lipinski definition) is 1. The van der Waals surface area contributed by atoms with E-state index in [0.717, 1.165) is 36.2 Å². The third-order valence-corrected chi connectivity index (χ3v) is 6.66. The molecular weight excluding hydrogens is 428 g/mol. The first-order valence-electron chi connectivity index (χ1n) is 11.1. The molecule has 0 atom stereocenters. The number of benzene rings is 3. The van der Waals surface area contributed by atoms with E-state index < -0.39 is 0 Å². The van der Waals surface area contributed by atoms with Crippen molar-refractivity contribution in [2.45, 2.75) is 25.2 Å². The molecule has 1 N–H and O–H groups in total. The number of aromatic nitrogens is 5. The van der Waals surface area contributed by atoms with Crippen molar-refractivity contribution in [2.24, 2.45) is 0 Å². The first-order valence-corrected chi connectivity index (χ1v) is 12.1. The molecule has 0 bridgehead atoms. The molecule has 2 heterocycles. The van der Waals surface area contributed by atoms with Gasteiger partial charge in [-0.15, -0.1) is 5.10 Å². The number of thioether (sulfide) groups is 1. The van der Waals surface area contributed by atoms with Crippen LogP contribution in [0.3, 0.4) is 0 Å². The highest BCUT2D eigenvalue weighted by molar-refractivity contribution is 7.99. The van der Waals surface area contributed by atoms with Gasteiger partial charge in [-0.25, -0.2) is 0 Å². The van der Waals surface area contributed by atoms with Crippen LogP contribution in [0.15, 0.2) is 90.2 Å². The standard InChI is InChI=1S/C26H26N6S/c1-20-9-5-6-10-21(20)18-31-19-22(24-13-7-8-14-25(24)31)17-27-15-16-33-26-28-29-30-32(26)23-11-3-2-4-12-23/h2-14,19,27H,15-18H2,1H3. The summed E-state index contributed by atoms with van der Waals surface area (Å²) in [5, 5.41) is 17.8. The fourth-order valence-corrected chi connectivity index (χ4v) is 4.79. The summed E-state index contributed by atoms with van der Waals surface area (Å²) in [6, 6.07) is 27.2. The second kappa shape index (κ2) is 10.0. The molecule has 0 saturated heterocycles. The number of aryl methyl sites for hydroxylation is 1. The zero-order chi connectivity index (χ0) is 22.5. The molecule has 2 aromatic heterocycles. The van der Waals surface area contributed by atoms with Crippen molar-refractivity contribution in [3.63, 3.8) is 0 Å². The average Bonchev–Trinajstić information content (AvgIpc) is 3.46. The highest BCUT2D eigenvalue weighted by Crippen LogP contribution is 2.23. The van der Waals surface area contributed by atoms with Gasteiger partial charge >= 0.3 is 0 Å². The zero-order valence-electron chi connectivity index (χ0n) is 18.6. The van der Waals surface area contributed by atoms with Crippen LogP contribution < -0.4 is 5.32 Å². The first kappa shape index (κ1) is 21.4. The normalized spacial score (nSPS) is 11.3. The van der Waals surface area contributed by atoms with Gasteiger partial charge in [0, 0.05) is 42.5 Å². The van der Waals surface area contributed by atoms with Gasteiger partial charge < -0.3 is 9.88 Å². The van der Waals surface area contributed by atoms with Crippen molar-refractivity contribution in [2.75, 3.05) is 12.3 Å². The maximum atomic E-state index is 4.17. The Bertz CT molecular complexity index is 1340. The van der Waals surface area contributed by atoms with Crippen LogP contribution in [-0.2, 0) is 13.1 Å². The zero-order valence-corrected chi connectivity index (χ0v) is 19.4. The van der Waals surface area contributed by atoms with Gasteiger partial charge in [0.05, 0.1) is 5.69 Å². The van der Waals surface area contributed by atoms with Crippen LogP contribution in [0.4, 0.5) is 0 Å². The molecule has 0 aliphatic heterocycles. The average molecular weight is 455 g/mol. The summed E-state index contributed by atoms with van der Waals surface area (Å²) < 4.78 is 4.14. The Morgan fingerprint density at radius 2 is 1.67 bits per heavy atom. The van der Waals surface area contributed by atoms with Gasteiger partial charge in [0.15, 0.2) is 0 Å². The number of nitrogens with zero attached hydrogens (tertiary/aromatic N) is 5. The molecule has 0 radical (unpaired) electrons. The molecule has 33 heavy (non-hydrogen) atoms. The lowest BCUT2D eigenvalue weighted by molar-refractivity contribution is 0.725. The Kier molecular flexibility index (Phi) is 6.51. The quantitative estimate of drug-likeness (QED) is 0.255. The Morgan fingerprint density at radius 1 is 0.879 bits per heavy atom. The molecule has 0 unspecified atom stereocenters. The Labute approximate surface area is 197 Å². The number of hydrogen-bond acceptors (Lipinski definition) is 5.